The second kappa shape index (κ2) is 7.58. The zero-order valence-corrected chi connectivity index (χ0v) is 12.8. The topological polar surface area (TPSA) is 87.5 Å². The molecule has 0 unspecified atom stereocenters. The summed E-state index contributed by atoms with van der Waals surface area (Å²) < 4.78 is 0. The molecule has 0 saturated carbocycles. The highest BCUT2D eigenvalue weighted by Crippen LogP contribution is 2.16. The summed E-state index contributed by atoms with van der Waals surface area (Å²) in [6.07, 6.45) is 0. The maximum absolute atomic E-state index is 11.8. The molecule has 1 aromatic carbocycles. The van der Waals surface area contributed by atoms with E-state index >= 15 is 0 Å². The number of benzene rings is 1. The Morgan fingerprint density at radius 3 is 2.57 bits per heavy atom. The molecule has 0 fully saturated rings. The number of nitro benzene ring substituents is 1. The lowest BCUT2D eigenvalue weighted by Gasteiger charge is -2.28. The highest BCUT2D eigenvalue weighted by atomic mass is 16.6. The minimum Gasteiger partial charge on any atom is -0.336 e. The minimum absolute atomic E-state index is 0.0545. The van der Waals surface area contributed by atoms with E-state index in [9.17, 15) is 14.9 Å². The van der Waals surface area contributed by atoms with E-state index in [0.29, 0.717) is 18.2 Å². The summed E-state index contributed by atoms with van der Waals surface area (Å²) in [6, 6.07) is 5.70. The first-order chi connectivity index (χ1) is 9.81. The standard InChI is InChI=1S/C14H22N4O3/c1-10(2)13(17(3)4)9-15-14(19)16-11-6-5-7-12(8-11)18(20)21/h5-8,10,13H,9H2,1-4H3,(H2,15,16,19)/t13-/m1/s1. The van der Waals surface area contributed by atoms with Crippen LogP contribution in [0.3, 0.4) is 0 Å². The number of non-ortho nitro benzene ring substituents is 1. The predicted octanol–water partition coefficient (Wildman–Crippen LogP) is 2.30. The molecule has 7 nitrogen and oxygen atoms in total. The summed E-state index contributed by atoms with van der Waals surface area (Å²) in [4.78, 5) is 24.1. The molecule has 0 aliphatic carbocycles. The van der Waals surface area contributed by atoms with Crippen molar-refractivity contribution in [2.45, 2.75) is 19.9 Å². The fourth-order valence-corrected chi connectivity index (χ4v) is 2.08. The Labute approximate surface area is 124 Å². The van der Waals surface area contributed by atoms with Crippen molar-refractivity contribution >= 4 is 17.4 Å². The van der Waals surface area contributed by atoms with Crippen LogP contribution in [0.4, 0.5) is 16.2 Å². The van der Waals surface area contributed by atoms with Crippen molar-refractivity contribution in [3.63, 3.8) is 0 Å². The lowest BCUT2D eigenvalue weighted by molar-refractivity contribution is -0.384. The summed E-state index contributed by atoms with van der Waals surface area (Å²) in [5.74, 6) is 0.401. The number of carbonyl (C=O) groups excluding carboxylic acids is 1. The first kappa shape index (κ1) is 16.9. The van der Waals surface area contributed by atoms with Gasteiger partial charge >= 0.3 is 6.03 Å². The van der Waals surface area contributed by atoms with E-state index in [-0.39, 0.29) is 17.8 Å². The van der Waals surface area contributed by atoms with Crippen molar-refractivity contribution in [2.24, 2.45) is 5.92 Å². The molecule has 116 valence electrons. The zero-order valence-electron chi connectivity index (χ0n) is 12.8. The number of likely N-dealkylation sites (N-methyl/N-ethyl adjacent to an activating group) is 1. The number of nitro groups is 1. The third kappa shape index (κ3) is 5.39. The summed E-state index contributed by atoms with van der Waals surface area (Å²) in [7, 11) is 3.93. The van der Waals surface area contributed by atoms with Gasteiger partial charge in [-0.05, 0) is 26.1 Å². The minimum atomic E-state index is -0.496. The first-order valence-corrected chi connectivity index (χ1v) is 6.77. The Morgan fingerprint density at radius 2 is 2.05 bits per heavy atom. The van der Waals surface area contributed by atoms with Crippen LogP contribution in [0.15, 0.2) is 24.3 Å². The van der Waals surface area contributed by atoms with Gasteiger partial charge in [0.25, 0.3) is 5.69 Å². The van der Waals surface area contributed by atoms with Gasteiger partial charge < -0.3 is 15.5 Å². The third-order valence-corrected chi connectivity index (χ3v) is 3.22. The van der Waals surface area contributed by atoms with Gasteiger partial charge in [0.1, 0.15) is 0 Å². The van der Waals surface area contributed by atoms with Crippen molar-refractivity contribution in [1.82, 2.24) is 10.2 Å². The van der Waals surface area contributed by atoms with Crippen molar-refractivity contribution in [2.75, 3.05) is 26.0 Å². The molecule has 0 bridgehead atoms. The van der Waals surface area contributed by atoms with Gasteiger partial charge in [-0.1, -0.05) is 19.9 Å². The van der Waals surface area contributed by atoms with Crippen LogP contribution in [-0.2, 0) is 0 Å². The van der Waals surface area contributed by atoms with Gasteiger partial charge in [-0.25, -0.2) is 4.79 Å². The fourth-order valence-electron chi connectivity index (χ4n) is 2.08. The van der Waals surface area contributed by atoms with Gasteiger partial charge in [0.2, 0.25) is 0 Å². The van der Waals surface area contributed by atoms with E-state index in [1.807, 2.05) is 14.1 Å². The molecule has 1 atom stereocenters. The SMILES string of the molecule is CC(C)[C@@H](CNC(=O)Nc1cccc([N+](=O)[O-])c1)N(C)C. The van der Waals surface area contributed by atoms with Crippen molar-refractivity contribution in [1.29, 1.82) is 0 Å². The van der Waals surface area contributed by atoms with E-state index in [0.717, 1.165) is 0 Å². The molecule has 0 aliphatic heterocycles. The Hall–Kier alpha value is -2.15. The number of urea groups is 1. The number of nitrogens with zero attached hydrogens (tertiary/aromatic N) is 2. The Morgan fingerprint density at radius 1 is 1.38 bits per heavy atom. The third-order valence-electron chi connectivity index (χ3n) is 3.22. The summed E-state index contributed by atoms with van der Waals surface area (Å²) in [6.45, 7) is 4.68. The lowest BCUT2D eigenvalue weighted by Crippen LogP contribution is -2.44. The quantitative estimate of drug-likeness (QED) is 0.622. The Kier molecular flexibility index (Phi) is 6.10. The summed E-state index contributed by atoms with van der Waals surface area (Å²) >= 11 is 0. The first-order valence-electron chi connectivity index (χ1n) is 6.77. The molecular formula is C14H22N4O3. The number of rotatable bonds is 6. The molecule has 0 saturated heterocycles. The van der Waals surface area contributed by atoms with Crippen molar-refractivity contribution < 1.29 is 9.72 Å². The number of hydrogen-bond donors (Lipinski definition) is 2. The van der Waals surface area contributed by atoms with Crippen LogP contribution >= 0.6 is 0 Å². The fraction of sp³-hybridized carbons (Fsp3) is 0.500. The lowest BCUT2D eigenvalue weighted by atomic mass is 10.0. The van der Waals surface area contributed by atoms with Crippen LogP contribution in [0.2, 0.25) is 0 Å². The molecule has 0 radical (unpaired) electrons. The molecule has 0 aromatic heterocycles. The highest BCUT2D eigenvalue weighted by Gasteiger charge is 2.16. The second-order valence-electron chi connectivity index (χ2n) is 5.42. The molecule has 1 aromatic rings. The van der Waals surface area contributed by atoms with Crippen LogP contribution < -0.4 is 10.6 Å². The second-order valence-corrected chi connectivity index (χ2v) is 5.42. The Balaban J connectivity index is 2.58. The predicted molar refractivity (Wildman–Crippen MR) is 82.4 cm³/mol. The van der Waals surface area contributed by atoms with Gasteiger partial charge in [-0.2, -0.15) is 0 Å². The number of anilines is 1. The number of hydrogen-bond acceptors (Lipinski definition) is 4. The van der Waals surface area contributed by atoms with Gasteiger partial charge in [0.15, 0.2) is 0 Å². The molecule has 7 heteroatoms. The van der Waals surface area contributed by atoms with Crippen molar-refractivity contribution in [3.05, 3.63) is 34.4 Å². The molecular weight excluding hydrogens is 272 g/mol. The number of amides is 2. The molecule has 21 heavy (non-hydrogen) atoms. The van der Waals surface area contributed by atoms with Crippen LogP contribution in [0, 0.1) is 16.0 Å². The highest BCUT2D eigenvalue weighted by molar-refractivity contribution is 5.89. The van der Waals surface area contributed by atoms with Crippen LogP contribution in [0.1, 0.15) is 13.8 Å². The summed E-state index contributed by atoms with van der Waals surface area (Å²) in [5.41, 5.74) is 0.341. The van der Waals surface area contributed by atoms with Crippen LogP contribution in [0.5, 0.6) is 0 Å². The van der Waals surface area contributed by atoms with E-state index < -0.39 is 4.92 Å². The van der Waals surface area contributed by atoms with E-state index in [1.165, 1.54) is 18.2 Å². The molecule has 2 amide bonds. The largest absolute Gasteiger partial charge is 0.336 e. The van der Waals surface area contributed by atoms with Gasteiger partial charge in [0, 0.05) is 30.4 Å². The van der Waals surface area contributed by atoms with Gasteiger partial charge in [-0.3, -0.25) is 10.1 Å². The smallest absolute Gasteiger partial charge is 0.319 e. The molecule has 2 N–H and O–H groups in total. The van der Waals surface area contributed by atoms with Crippen LogP contribution in [-0.4, -0.2) is 42.5 Å². The van der Waals surface area contributed by atoms with Gasteiger partial charge in [0.05, 0.1) is 4.92 Å². The summed E-state index contributed by atoms with van der Waals surface area (Å²) in [5, 5.41) is 16.1. The Bertz CT molecular complexity index is 495. The molecule has 0 spiro atoms. The molecule has 1 rings (SSSR count). The van der Waals surface area contributed by atoms with Crippen molar-refractivity contribution in [3.8, 4) is 0 Å². The molecule has 0 aliphatic rings. The zero-order chi connectivity index (χ0) is 16.0. The maximum atomic E-state index is 11.8. The average molecular weight is 294 g/mol. The van der Waals surface area contributed by atoms with E-state index in [4.69, 9.17) is 0 Å². The van der Waals surface area contributed by atoms with Crippen LogP contribution in [0.25, 0.3) is 0 Å². The van der Waals surface area contributed by atoms with Gasteiger partial charge in [-0.15, -0.1) is 0 Å². The monoisotopic (exact) mass is 294 g/mol. The number of carbonyl (C=O) groups is 1. The van der Waals surface area contributed by atoms with E-state index in [1.54, 1.807) is 6.07 Å². The average Bonchev–Trinajstić information content (AvgIpc) is 2.38. The maximum Gasteiger partial charge on any atom is 0.319 e. The normalized spacial score (nSPS) is 12.3. The number of nitrogens with one attached hydrogen (secondary N) is 2. The molecule has 0 heterocycles. The van der Waals surface area contributed by atoms with E-state index in [2.05, 4.69) is 29.4 Å².